The first-order chi connectivity index (χ1) is 9.31. The Morgan fingerprint density at radius 2 is 2.16 bits per heavy atom. The minimum Gasteiger partial charge on any atom is -0.316 e. The molecule has 1 aliphatic rings. The lowest BCUT2D eigenvalue weighted by Gasteiger charge is -2.09. The van der Waals surface area contributed by atoms with Crippen LogP contribution in [0.1, 0.15) is 18.4 Å². The second kappa shape index (κ2) is 5.59. The predicted molar refractivity (Wildman–Crippen MR) is 76.2 cm³/mol. The van der Waals surface area contributed by atoms with Gasteiger partial charge < -0.3 is 20.6 Å². The number of hydrogen-bond acceptors (Lipinski definition) is 3. The fourth-order valence-electron chi connectivity index (χ4n) is 2.69. The van der Waals surface area contributed by atoms with E-state index >= 15 is 0 Å². The van der Waals surface area contributed by atoms with Crippen LogP contribution in [0.2, 0.25) is 0 Å². The first-order valence-corrected chi connectivity index (χ1v) is 6.93. The maximum absolute atomic E-state index is 11.2. The molecule has 1 fully saturated rings. The number of benzene rings is 1. The van der Waals surface area contributed by atoms with Gasteiger partial charge in [0, 0.05) is 6.54 Å². The van der Waals surface area contributed by atoms with E-state index in [4.69, 9.17) is 0 Å². The molecule has 0 saturated carbocycles. The van der Waals surface area contributed by atoms with Crippen LogP contribution in [0.15, 0.2) is 23.0 Å². The van der Waals surface area contributed by atoms with Crippen molar-refractivity contribution in [1.82, 2.24) is 20.6 Å². The largest absolute Gasteiger partial charge is 0.323 e. The zero-order valence-corrected chi connectivity index (χ0v) is 11.0. The van der Waals surface area contributed by atoms with Gasteiger partial charge in [-0.2, -0.15) is 0 Å². The Balaban J connectivity index is 1.51. The molecule has 2 aromatic rings. The van der Waals surface area contributed by atoms with Crippen LogP contribution in [0.3, 0.4) is 0 Å². The van der Waals surface area contributed by atoms with Gasteiger partial charge >= 0.3 is 5.69 Å². The maximum Gasteiger partial charge on any atom is 0.323 e. The zero-order valence-electron chi connectivity index (χ0n) is 11.0. The van der Waals surface area contributed by atoms with Crippen molar-refractivity contribution < 1.29 is 0 Å². The van der Waals surface area contributed by atoms with Crippen molar-refractivity contribution >= 4 is 11.0 Å². The third-order valence-corrected chi connectivity index (χ3v) is 3.80. The number of fused-ring (bicyclic) bond motifs is 1. The summed E-state index contributed by atoms with van der Waals surface area (Å²) < 4.78 is 0. The van der Waals surface area contributed by atoms with Crippen LogP contribution in [-0.2, 0) is 6.54 Å². The van der Waals surface area contributed by atoms with E-state index in [1.807, 2.05) is 12.1 Å². The second-order valence-corrected chi connectivity index (χ2v) is 5.28. The van der Waals surface area contributed by atoms with Crippen molar-refractivity contribution in [3.8, 4) is 0 Å². The summed E-state index contributed by atoms with van der Waals surface area (Å²) in [5.41, 5.74) is 2.80. The van der Waals surface area contributed by atoms with E-state index in [0.29, 0.717) is 0 Å². The van der Waals surface area contributed by atoms with Crippen LogP contribution < -0.4 is 16.3 Å². The van der Waals surface area contributed by atoms with Crippen molar-refractivity contribution in [2.45, 2.75) is 19.4 Å². The van der Waals surface area contributed by atoms with E-state index in [9.17, 15) is 4.79 Å². The molecule has 2 heterocycles. The van der Waals surface area contributed by atoms with Gasteiger partial charge in [-0.05, 0) is 56.1 Å². The average Bonchev–Trinajstić information content (AvgIpc) is 3.02. The average molecular weight is 260 g/mol. The highest BCUT2D eigenvalue weighted by Crippen LogP contribution is 2.12. The van der Waals surface area contributed by atoms with Gasteiger partial charge in [0.05, 0.1) is 11.0 Å². The summed E-state index contributed by atoms with van der Waals surface area (Å²) in [5, 5.41) is 6.86. The summed E-state index contributed by atoms with van der Waals surface area (Å²) in [7, 11) is 0. The Hall–Kier alpha value is -1.59. The normalized spacial score (nSPS) is 19.3. The number of imidazole rings is 1. The van der Waals surface area contributed by atoms with Gasteiger partial charge in [0.1, 0.15) is 0 Å². The number of nitrogens with one attached hydrogen (secondary N) is 4. The topological polar surface area (TPSA) is 72.7 Å². The van der Waals surface area contributed by atoms with Crippen molar-refractivity contribution in [1.29, 1.82) is 0 Å². The van der Waals surface area contributed by atoms with Crippen molar-refractivity contribution in [2.24, 2.45) is 5.92 Å². The molecular formula is C14H20N4O. The molecule has 0 aliphatic carbocycles. The van der Waals surface area contributed by atoms with E-state index in [1.54, 1.807) is 0 Å². The summed E-state index contributed by atoms with van der Waals surface area (Å²) >= 11 is 0. The highest BCUT2D eigenvalue weighted by Gasteiger charge is 2.13. The fourth-order valence-corrected chi connectivity index (χ4v) is 2.69. The molecular weight excluding hydrogens is 240 g/mol. The van der Waals surface area contributed by atoms with E-state index < -0.39 is 0 Å². The van der Waals surface area contributed by atoms with Crippen LogP contribution in [0.25, 0.3) is 11.0 Å². The third kappa shape index (κ3) is 3.05. The molecule has 102 valence electrons. The molecule has 1 aromatic heterocycles. The van der Waals surface area contributed by atoms with Crippen LogP contribution in [0, 0.1) is 5.92 Å². The van der Waals surface area contributed by atoms with Gasteiger partial charge in [0.25, 0.3) is 0 Å². The van der Waals surface area contributed by atoms with E-state index in [1.165, 1.54) is 24.9 Å². The first kappa shape index (κ1) is 12.4. The smallest absolute Gasteiger partial charge is 0.316 e. The van der Waals surface area contributed by atoms with Gasteiger partial charge in [0.15, 0.2) is 0 Å². The summed E-state index contributed by atoms with van der Waals surface area (Å²) in [4.78, 5) is 16.7. The zero-order chi connectivity index (χ0) is 13.1. The standard InChI is InChI=1S/C14H20N4O/c19-14-17-12-2-1-11(7-13(12)18-14)9-16-6-4-10-3-5-15-8-10/h1-2,7,10,15-16H,3-6,8-9H2,(H2,17,18,19). The Labute approximate surface area is 111 Å². The summed E-state index contributed by atoms with van der Waals surface area (Å²) in [6.45, 7) is 4.23. The van der Waals surface area contributed by atoms with Crippen LogP contribution in [-0.4, -0.2) is 29.6 Å². The molecule has 19 heavy (non-hydrogen) atoms. The minimum absolute atomic E-state index is 0.145. The highest BCUT2D eigenvalue weighted by molar-refractivity contribution is 5.74. The SMILES string of the molecule is O=c1[nH]c2ccc(CNCCC3CCNC3)cc2[nH]1. The Morgan fingerprint density at radius 1 is 1.26 bits per heavy atom. The number of rotatable bonds is 5. The van der Waals surface area contributed by atoms with Crippen molar-refractivity contribution in [3.63, 3.8) is 0 Å². The summed E-state index contributed by atoms with van der Waals surface area (Å²) in [6.07, 6.45) is 2.54. The third-order valence-electron chi connectivity index (χ3n) is 3.80. The number of aromatic amines is 2. The van der Waals surface area contributed by atoms with Gasteiger partial charge in [0.2, 0.25) is 0 Å². The van der Waals surface area contributed by atoms with Crippen LogP contribution >= 0.6 is 0 Å². The van der Waals surface area contributed by atoms with Crippen molar-refractivity contribution in [3.05, 3.63) is 34.2 Å². The predicted octanol–water partition coefficient (Wildman–Crippen LogP) is 0.945. The lowest BCUT2D eigenvalue weighted by Crippen LogP contribution is -2.19. The molecule has 1 saturated heterocycles. The number of hydrogen-bond donors (Lipinski definition) is 4. The maximum atomic E-state index is 11.2. The molecule has 5 heteroatoms. The van der Waals surface area contributed by atoms with Gasteiger partial charge in [-0.1, -0.05) is 6.07 Å². The molecule has 1 unspecified atom stereocenters. The molecule has 1 aliphatic heterocycles. The monoisotopic (exact) mass is 260 g/mol. The Bertz CT molecular complexity index is 595. The summed E-state index contributed by atoms with van der Waals surface area (Å²) in [5.74, 6) is 0.830. The molecule has 5 nitrogen and oxygen atoms in total. The lowest BCUT2D eigenvalue weighted by molar-refractivity contribution is 0.500. The van der Waals surface area contributed by atoms with Crippen molar-refractivity contribution in [2.75, 3.05) is 19.6 Å². The van der Waals surface area contributed by atoms with E-state index in [2.05, 4.69) is 26.7 Å². The van der Waals surface area contributed by atoms with Crippen LogP contribution in [0.4, 0.5) is 0 Å². The van der Waals surface area contributed by atoms with E-state index in [-0.39, 0.29) is 5.69 Å². The van der Waals surface area contributed by atoms with Gasteiger partial charge in [-0.3, -0.25) is 0 Å². The molecule has 3 rings (SSSR count). The Morgan fingerprint density at radius 3 is 3.00 bits per heavy atom. The number of aromatic nitrogens is 2. The molecule has 1 aromatic carbocycles. The van der Waals surface area contributed by atoms with Crippen LogP contribution in [0.5, 0.6) is 0 Å². The quantitative estimate of drug-likeness (QED) is 0.605. The summed E-state index contributed by atoms with van der Waals surface area (Å²) in [6, 6.07) is 6.03. The molecule has 0 spiro atoms. The Kier molecular flexibility index (Phi) is 3.66. The minimum atomic E-state index is -0.145. The lowest BCUT2D eigenvalue weighted by atomic mass is 10.1. The molecule has 1 atom stereocenters. The highest BCUT2D eigenvalue weighted by atomic mass is 16.1. The van der Waals surface area contributed by atoms with Gasteiger partial charge in [-0.15, -0.1) is 0 Å². The second-order valence-electron chi connectivity index (χ2n) is 5.28. The molecule has 0 bridgehead atoms. The van der Waals surface area contributed by atoms with Gasteiger partial charge in [-0.25, -0.2) is 4.79 Å². The first-order valence-electron chi connectivity index (χ1n) is 6.93. The molecule has 0 radical (unpaired) electrons. The molecule has 0 amide bonds. The number of H-pyrrole nitrogens is 2. The molecule has 4 N–H and O–H groups in total. The van der Waals surface area contributed by atoms with E-state index in [0.717, 1.165) is 36.6 Å². The fraction of sp³-hybridized carbons (Fsp3) is 0.500.